The molecule has 1 unspecified atom stereocenters. The topological polar surface area (TPSA) is 46.5 Å². The first-order valence-corrected chi connectivity index (χ1v) is 5.31. The van der Waals surface area contributed by atoms with Crippen LogP contribution < -0.4 is 0 Å². The van der Waals surface area contributed by atoms with Gasteiger partial charge in [0.1, 0.15) is 6.61 Å². The number of carbonyl (C=O) groups is 1. The van der Waals surface area contributed by atoms with Gasteiger partial charge in [-0.05, 0) is 17.5 Å². The minimum Gasteiger partial charge on any atom is -0.459 e. The van der Waals surface area contributed by atoms with E-state index in [4.69, 9.17) is 4.74 Å². The molecule has 0 bridgehead atoms. The predicted octanol–water partition coefficient (Wildman–Crippen LogP) is 2.25. The second-order valence-electron chi connectivity index (χ2n) is 4.85. The van der Waals surface area contributed by atoms with Crippen molar-refractivity contribution in [2.45, 2.75) is 26.9 Å². The fraction of sp³-hybridized carbons (Fsp3) is 0.462. The van der Waals surface area contributed by atoms with Crippen LogP contribution in [0, 0.1) is 5.41 Å². The van der Waals surface area contributed by atoms with Crippen molar-refractivity contribution in [3.8, 4) is 0 Å². The van der Waals surface area contributed by atoms with Crippen molar-refractivity contribution in [3.05, 3.63) is 35.9 Å². The molecule has 16 heavy (non-hydrogen) atoms. The first-order chi connectivity index (χ1) is 7.41. The lowest BCUT2D eigenvalue weighted by Gasteiger charge is -2.25. The van der Waals surface area contributed by atoms with Gasteiger partial charge in [-0.15, -0.1) is 0 Å². The van der Waals surface area contributed by atoms with E-state index in [1.165, 1.54) is 0 Å². The van der Waals surface area contributed by atoms with Crippen LogP contribution in [0.15, 0.2) is 30.3 Å². The normalized spacial score (nSPS) is 13.2. The van der Waals surface area contributed by atoms with Crippen molar-refractivity contribution >= 4 is 5.97 Å². The zero-order valence-corrected chi connectivity index (χ0v) is 9.93. The number of esters is 1. The highest BCUT2D eigenvalue weighted by Gasteiger charge is 2.23. The zero-order chi connectivity index (χ0) is 12.2. The van der Waals surface area contributed by atoms with Crippen LogP contribution in [-0.4, -0.2) is 23.8 Å². The molecule has 1 rings (SSSR count). The summed E-state index contributed by atoms with van der Waals surface area (Å²) < 4.78 is 5.03. The van der Waals surface area contributed by atoms with Gasteiger partial charge in [-0.25, -0.2) is 4.79 Å². The SMILES string of the molecule is CC(C)(C)C(O)COC(=O)c1ccccc1. The van der Waals surface area contributed by atoms with Gasteiger partial charge in [0, 0.05) is 0 Å². The summed E-state index contributed by atoms with van der Waals surface area (Å²) in [4.78, 5) is 11.5. The van der Waals surface area contributed by atoms with Crippen LogP contribution in [0.2, 0.25) is 0 Å². The summed E-state index contributed by atoms with van der Waals surface area (Å²) in [5.74, 6) is -0.399. The summed E-state index contributed by atoms with van der Waals surface area (Å²) in [6.07, 6.45) is -0.653. The molecule has 0 fully saturated rings. The smallest absolute Gasteiger partial charge is 0.338 e. The molecule has 3 nitrogen and oxygen atoms in total. The Hall–Kier alpha value is -1.35. The van der Waals surface area contributed by atoms with Gasteiger partial charge < -0.3 is 9.84 Å². The molecular weight excluding hydrogens is 204 g/mol. The number of hydrogen-bond donors (Lipinski definition) is 1. The Morgan fingerprint density at radius 2 is 1.88 bits per heavy atom. The van der Waals surface area contributed by atoms with Crippen LogP contribution >= 0.6 is 0 Å². The monoisotopic (exact) mass is 222 g/mol. The summed E-state index contributed by atoms with van der Waals surface area (Å²) in [6, 6.07) is 8.76. The number of rotatable bonds is 3. The molecule has 0 heterocycles. The molecule has 0 saturated heterocycles. The number of hydrogen-bond acceptors (Lipinski definition) is 3. The predicted molar refractivity (Wildman–Crippen MR) is 62.2 cm³/mol. The third-order valence-corrected chi connectivity index (χ3v) is 2.38. The number of carbonyl (C=O) groups excluding carboxylic acids is 1. The molecule has 3 heteroatoms. The van der Waals surface area contributed by atoms with E-state index in [1.54, 1.807) is 24.3 Å². The largest absolute Gasteiger partial charge is 0.459 e. The van der Waals surface area contributed by atoms with Crippen molar-refractivity contribution in [2.24, 2.45) is 5.41 Å². The zero-order valence-electron chi connectivity index (χ0n) is 9.93. The Morgan fingerprint density at radius 3 is 2.38 bits per heavy atom. The molecule has 0 amide bonds. The highest BCUT2D eigenvalue weighted by molar-refractivity contribution is 5.89. The van der Waals surface area contributed by atoms with E-state index >= 15 is 0 Å². The van der Waals surface area contributed by atoms with Crippen molar-refractivity contribution < 1.29 is 14.6 Å². The minimum atomic E-state index is -0.653. The van der Waals surface area contributed by atoms with Crippen molar-refractivity contribution in [2.75, 3.05) is 6.61 Å². The van der Waals surface area contributed by atoms with Crippen LogP contribution in [0.4, 0.5) is 0 Å². The van der Waals surface area contributed by atoms with Crippen LogP contribution in [0.5, 0.6) is 0 Å². The standard InChI is InChI=1S/C13H18O3/c1-13(2,3)11(14)9-16-12(15)10-7-5-4-6-8-10/h4-8,11,14H,9H2,1-3H3. The molecule has 0 radical (unpaired) electrons. The first-order valence-electron chi connectivity index (χ1n) is 5.31. The molecule has 1 aromatic rings. The van der Waals surface area contributed by atoms with Gasteiger partial charge in [-0.3, -0.25) is 0 Å². The minimum absolute atomic E-state index is 0.0250. The molecular formula is C13H18O3. The van der Waals surface area contributed by atoms with Gasteiger partial charge in [-0.1, -0.05) is 39.0 Å². The molecule has 88 valence electrons. The lowest BCUT2D eigenvalue weighted by atomic mass is 9.90. The molecule has 0 aliphatic heterocycles. The van der Waals surface area contributed by atoms with Gasteiger partial charge in [-0.2, -0.15) is 0 Å². The van der Waals surface area contributed by atoms with E-state index in [0.29, 0.717) is 5.56 Å². The van der Waals surface area contributed by atoms with Gasteiger partial charge >= 0.3 is 5.97 Å². The maximum absolute atomic E-state index is 11.5. The van der Waals surface area contributed by atoms with Crippen molar-refractivity contribution in [1.82, 2.24) is 0 Å². The maximum Gasteiger partial charge on any atom is 0.338 e. The van der Waals surface area contributed by atoms with Crippen LogP contribution in [0.1, 0.15) is 31.1 Å². The van der Waals surface area contributed by atoms with Crippen molar-refractivity contribution in [3.63, 3.8) is 0 Å². The van der Waals surface area contributed by atoms with E-state index < -0.39 is 12.1 Å². The molecule has 1 atom stereocenters. The highest BCUT2D eigenvalue weighted by atomic mass is 16.5. The summed E-state index contributed by atoms with van der Waals surface area (Å²) >= 11 is 0. The van der Waals surface area contributed by atoms with Crippen LogP contribution in [0.25, 0.3) is 0 Å². The second kappa shape index (κ2) is 5.12. The molecule has 0 spiro atoms. The van der Waals surface area contributed by atoms with E-state index in [1.807, 2.05) is 26.8 Å². The number of aliphatic hydroxyl groups is 1. The maximum atomic E-state index is 11.5. The molecule has 0 aromatic heterocycles. The van der Waals surface area contributed by atoms with E-state index in [2.05, 4.69) is 0 Å². The second-order valence-corrected chi connectivity index (χ2v) is 4.85. The van der Waals surface area contributed by atoms with Crippen molar-refractivity contribution in [1.29, 1.82) is 0 Å². The van der Waals surface area contributed by atoms with Gasteiger partial charge in [0.2, 0.25) is 0 Å². The number of benzene rings is 1. The molecule has 0 aliphatic carbocycles. The fourth-order valence-electron chi connectivity index (χ4n) is 1.06. The van der Waals surface area contributed by atoms with Crippen LogP contribution in [0.3, 0.4) is 0 Å². The lowest BCUT2D eigenvalue weighted by Crippen LogP contribution is -2.31. The Balaban J connectivity index is 2.48. The third-order valence-electron chi connectivity index (χ3n) is 2.38. The Morgan fingerprint density at radius 1 is 1.31 bits per heavy atom. The van der Waals surface area contributed by atoms with Gasteiger partial charge in [0.15, 0.2) is 0 Å². The Bertz CT molecular complexity index is 338. The highest BCUT2D eigenvalue weighted by Crippen LogP contribution is 2.19. The number of aliphatic hydroxyl groups excluding tert-OH is 1. The average molecular weight is 222 g/mol. The number of ether oxygens (including phenoxy) is 1. The van der Waals surface area contributed by atoms with Gasteiger partial charge in [0.05, 0.1) is 11.7 Å². The summed E-state index contributed by atoms with van der Waals surface area (Å²) in [7, 11) is 0. The fourth-order valence-corrected chi connectivity index (χ4v) is 1.06. The quantitative estimate of drug-likeness (QED) is 0.798. The summed E-state index contributed by atoms with van der Waals surface area (Å²) in [5.41, 5.74) is 0.223. The first kappa shape index (κ1) is 12.7. The Kier molecular flexibility index (Phi) is 4.07. The average Bonchev–Trinajstić information content (AvgIpc) is 2.25. The molecule has 1 N–H and O–H groups in total. The summed E-state index contributed by atoms with van der Waals surface area (Å²) in [6.45, 7) is 5.72. The van der Waals surface area contributed by atoms with E-state index in [0.717, 1.165) is 0 Å². The molecule has 0 saturated carbocycles. The van der Waals surface area contributed by atoms with Crippen LogP contribution in [-0.2, 0) is 4.74 Å². The lowest BCUT2D eigenvalue weighted by molar-refractivity contribution is -0.0104. The molecule has 0 aliphatic rings. The summed E-state index contributed by atoms with van der Waals surface area (Å²) in [5, 5.41) is 9.70. The third kappa shape index (κ3) is 3.66. The Labute approximate surface area is 96.1 Å². The van der Waals surface area contributed by atoms with Gasteiger partial charge in [0.25, 0.3) is 0 Å². The van der Waals surface area contributed by atoms with E-state index in [9.17, 15) is 9.90 Å². The van der Waals surface area contributed by atoms with E-state index in [-0.39, 0.29) is 12.0 Å². The molecule has 1 aromatic carbocycles.